The van der Waals surface area contributed by atoms with Crippen LogP contribution in [0, 0.1) is 12.7 Å². The second kappa shape index (κ2) is 7.93. The van der Waals surface area contributed by atoms with E-state index in [1.807, 2.05) is 19.1 Å². The number of halogens is 2. The summed E-state index contributed by atoms with van der Waals surface area (Å²) >= 11 is 5.74. The SMILES string of the molecule is Cc1ccccc1C(=O)NCC(=O)N[C@@H](C)c1ccc(F)c(Cl)c1. The van der Waals surface area contributed by atoms with Crippen LogP contribution < -0.4 is 10.6 Å². The molecule has 0 heterocycles. The molecule has 0 fully saturated rings. The molecular formula is C18H18ClFN2O2. The first-order chi connectivity index (χ1) is 11.4. The molecule has 0 aromatic heterocycles. The minimum atomic E-state index is -0.510. The van der Waals surface area contributed by atoms with Gasteiger partial charge in [0.25, 0.3) is 5.91 Å². The molecule has 0 radical (unpaired) electrons. The summed E-state index contributed by atoms with van der Waals surface area (Å²) in [4.78, 5) is 24.0. The quantitative estimate of drug-likeness (QED) is 0.870. The van der Waals surface area contributed by atoms with Crippen LogP contribution in [0.5, 0.6) is 0 Å². The van der Waals surface area contributed by atoms with Crippen LogP contribution in [-0.4, -0.2) is 18.4 Å². The van der Waals surface area contributed by atoms with Crippen LogP contribution in [0.4, 0.5) is 4.39 Å². The van der Waals surface area contributed by atoms with Crippen LogP contribution in [0.15, 0.2) is 42.5 Å². The molecule has 2 aromatic carbocycles. The molecule has 24 heavy (non-hydrogen) atoms. The summed E-state index contributed by atoms with van der Waals surface area (Å²) in [5.41, 5.74) is 2.05. The minimum Gasteiger partial charge on any atom is -0.348 e. The number of hydrogen-bond acceptors (Lipinski definition) is 2. The Morgan fingerprint density at radius 3 is 2.58 bits per heavy atom. The van der Waals surface area contributed by atoms with Crippen LogP contribution in [0.1, 0.15) is 34.5 Å². The third-order valence-corrected chi connectivity index (χ3v) is 3.91. The number of hydrogen-bond donors (Lipinski definition) is 2. The van der Waals surface area contributed by atoms with Crippen molar-refractivity contribution < 1.29 is 14.0 Å². The molecule has 2 aromatic rings. The van der Waals surface area contributed by atoms with Crippen LogP contribution in [0.2, 0.25) is 5.02 Å². The molecule has 6 heteroatoms. The average molecular weight is 349 g/mol. The van der Waals surface area contributed by atoms with E-state index in [1.54, 1.807) is 25.1 Å². The lowest BCUT2D eigenvalue weighted by atomic mass is 10.1. The van der Waals surface area contributed by atoms with Crippen molar-refractivity contribution in [3.05, 3.63) is 70.0 Å². The number of nitrogens with one attached hydrogen (secondary N) is 2. The van der Waals surface area contributed by atoms with Crippen molar-refractivity contribution in [2.45, 2.75) is 19.9 Å². The molecule has 0 saturated carbocycles. The Morgan fingerprint density at radius 2 is 1.92 bits per heavy atom. The highest BCUT2D eigenvalue weighted by molar-refractivity contribution is 6.30. The van der Waals surface area contributed by atoms with Gasteiger partial charge in [0.15, 0.2) is 0 Å². The molecule has 0 aliphatic rings. The molecule has 0 unspecified atom stereocenters. The van der Waals surface area contributed by atoms with Crippen molar-refractivity contribution in [2.24, 2.45) is 0 Å². The fraction of sp³-hybridized carbons (Fsp3) is 0.222. The summed E-state index contributed by atoms with van der Waals surface area (Å²) in [6.45, 7) is 3.44. The summed E-state index contributed by atoms with van der Waals surface area (Å²) < 4.78 is 13.2. The van der Waals surface area contributed by atoms with Crippen molar-refractivity contribution >= 4 is 23.4 Å². The van der Waals surface area contributed by atoms with Gasteiger partial charge < -0.3 is 10.6 Å². The number of rotatable bonds is 5. The van der Waals surface area contributed by atoms with Gasteiger partial charge >= 0.3 is 0 Å². The van der Waals surface area contributed by atoms with Crippen molar-refractivity contribution in [3.8, 4) is 0 Å². The number of benzene rings is 2. The Morgan fingerprint density at radius 1 is 1.21 bits per heavy atom. The van der Waals surface area contributed by atoms with E-state index in [0.29, 0.717) is 11.1 Å². The van der Waals surface area contributed by atoms with E-state index < -0.39 is 5.82 Å². The monoisotopic (exact) mass is 348 g/mol. The molecule has 2 amide bonds. The van der Waals surface area contributed by atoms with Crippen molar-refractivity contribution in [3.63, 3.8) is 0 Å². The van der Waals surface area contributed by atoms with Crippen molar-refractivity contribution in [1.29, 1.82) is 0 Å². The molecule has 0 aliphatic heterocycles. The van der Waals surface area contributed by atoms with Gasteiger partial charge in [-0.15, -0.1) is 0 Å². The lowest BCUT2D eigenvalue weighted by Gasteiger charge is -2.15. The fourth-order valence-electron chi connectivity index (χ4n) is 2.24. The summed E-state index contributed by atoms with van der Waals surface area (Å²) in [7, 11) is 0. The zero-order chi connectivity index (χ0) is 17.7. The first-order valence-electron chi connectivity index (χ1n) is 7.46. The lowest BCUT2D eigenvalue weighted by molar-refractivity contribution is -0.120. The average Bonchev–Trinajstić information content (AvgIpc) is 2.55. The summed E-state index contributed by atoms with van der Waals surface area (Å²) in [5.74, 6) is -1.16. The zero-order valence-electron chi connectivity index (χ0n) is 13.4. The number of carbonyl (C=O) groups is 2. The third-order valence-electron chi connectivity index (χ3n) is 3.62. The highest BCUT2D eigenvalue weighted by Crippen LogP contribution is 2.20. The van der Waals surface area contributed by atoms with Gasteiger partial charge in [-0.3, -0.25) is 9.59 Å². The predicted octanol–water partition coefficient (Wildman–Crippen LogP) is 3.39. The van der Waals surface area contributed by atoms with E-state index in [1.165, 1.54) is 12.1 Å². The summed E-state index contributed by atoms with van der Waals surface area (Å²) in [6, 6.07) is 11.1. The maximum absolute atomic E-state index is 13.2. The highest BCUT2D eigenvalue weighted by atomic mass is 35.5. The molecule has 0 bridgehead atoms. The second-order valence-electron chi connectivity index (χ2n) is 5.46. The lowest BCUT2D eigenvalue weighted by Crippen LogP contribution is -2.38. The summed E-state index contributed by atoms with van der Waals surface area (Å²) in [6.07, 6.45) is 0. The second-order valence-corrected chi connectivity index (χ2v) is 5.87. The fourth-order valence-corrected chi connectivity index (χ4v) is 2.43. The van der Waals surface area contributed by atoms with Crippen LogP contribution in [0.25, 0.3) is 0 Å². The molecule has 0 saturated heterocycles. The molecule has 2 rings (SSSR count). The molecular weight excluding hydrogens is 331 g/mol. The third kappa shape index (κ3) is 4.55. The van der Waals surface area contributed by atoms with Crippen LogP contribution in [-0.2, 0) is 4.79 Å². The van der Waals surface area contributed by atoms with E-state index in [0.717, 1.165) is 5.56 Å². The maximum atomic E-state index is 13.2. The Kier molecular flexibility index (Phi) is 5.93. The molecule has 4 nitrogen and oxygen atoms in total. The van der Waals surface area contributed by atoms with Gasteiger partial charge in [0.2, 0.25) is 5.91 Å². The van der Waals surface area contributed by atoms with Crippen molar-refractivity contribution in [1.82, 2.24) is 10.6 Å². The van der Waals surface area contributed by atoms with E-state index in [2.05, 4.69) is 10.6 Å². The van der Waals surface area contributed by atoms with E-state index in [4.69, 9.17) is 11.6 Å². The standard InChI is InChI=1S/C18H18ClFN2O2/c1-11-5-3-4-6-14(11)18(24)21-10-17(23)22-12(2)13-7-8-16(20)15(19)9-13/h3-9,12H,10H2,1-2H3,(H,21,24)(H,22,23)/t12-/m0/s1. The number of amides is 2. The van der Waals surface area contributed by atoms with Gasteiger partial charge in [0.05, 0.1) is 17.6 Å². The number of aryl methyl sites for hydroxylation is 1. The maximum Gasteiger partial charge on any atom is 0.251 e. The predicted molar refractivity (Wildman–Crippen MR) is 91.5 cm³/mol. The molecule has 0 aliphatic carbocycles. The molecule has 0 spiro atoms. The Bertz CT molecular complexity index is 764. The van der Waals surface area contributed by atoms with Crippen LogP contribution in [0.3, 0.4) is 0 Å². The topological polar surface area (TPSA) is 58.2 Å². The van der Waals surface area contributed by atoms with Gasteiger partial charge in [-0.1, -0.05) is 35.9 Å². The zero-order valence-corrected chi connectivity index (χ0v) is 14.2. The first kappa shape index (κ1) is 17.9. The van der Waals surface area contributed by atoms with Gasteiger partial charge in [-0.05, 0) is 43.2 Å². The Hall–Kier alpha value is -2.40. The van der Waals surface area contributed by atoms with Gasteiger partial charge in [-0.25, -0.2) is 4.39 Å². The van der Waals surface area contributed by atoms with E-state index in [9.17, 15) is 14.0 Å². The highest BCUT2D eigenvalue weighted by Gasteiger charge is 2.13. The van der Waals surface area contributed by atoms with Gasteiger partial charge in [0.1, 0.15) is 5.82 Å². The first-order valence-corrected chi connectivity index (χ1v) is 7.84. The Balaban J connectivity index is 1.90. The normalized spacial score (nSPS) is 11.7. The van der Waals surface area contributed by atoms with E-state index in [-0.39, 0.29) is 29.4 Å². The van der Waals surface area contributed by atoms with Gasteiger partial charge in [-0.2, -0.15) is 0 Å². The molecule has 2 N–H and O–H groups in total. The molecule has 1 atom stereocenters. The number of carbonyl (C=O) groups excluding carboxylic acids is 2. The van der Waals surface area contributed by atoms with E-state index >= 15 is 0 Å². The van der Waals surface area contributed by atoms with Crippen LogP contribution >= 0.6 is 11.6 Å². The molecule has 126 valence electrons. The Labute approximate surface area is 145 Å². The summed E-state index contributed by atoms with van der Waals surface area (Å²) in [5, 5.41) is 5.31. The van der Waals surface area contributed by atoms with Gasteiger partial charge in [0, 0.05) is 5.56 Å². The van der Waals surface area contributed by atoms with Crippen molar-refractivity contribution in [2.75, 3.05) is 6.54 Å². The smallest absolute Gasteiger partial charge is 0.251 e. The largest absolute Gasteiger partial charge is 0.348 e. The minimum absolute atomic E-state index is 0.00135.